The van der Waals surface area contributed by atoms with Crippen molar-refractivity contribution >= 4 is 17.9 Å². The lowest BCUT2D eigenvalue weighted by molar-refractivity contribution is -0.167. The first-order valence-corrected chi connectivity index (χ1v) is 29.1. The molecule has 0 aromatic carbocycles. The second-order valence-electron chi connectivity index (χ2n) is 19.2. The molecule has 0 amide bonds. The van der Waals surface area contributed by atoms with Crippen molar-refractivity contribution in [3.63, 3.8) is 0 Å². The highest BCUT2D eigenvalue weighted by Gasteiger charge is 2.19. The van der Waals surface area contributed by atoms with Crippen molar-refractivity contribution in [3.8, 4) is 0 Å². The Kier molecular flexibility index (Phi) is 54.3. The van der Waals surface area contributed by atoms with Crippen LogP contribution < -0.4 is 0 Å². The molecule has 6 heteroatoms. The summed E-state index contributed by atoms with van der Waals surface area (Å²) >= 11 is 0. The molecule has 1 atom stereocenters. The molecule has 0 fully saturated rings. The van der Waals surface area contributed by atoms with Gasteiger partial charge < -0.3 is 14.2 Å². The van der Waals surface area contributed by atoms with E-state index >= 15 is 0 Å². The van der Waals surface area contributed by atoms with Crippen LogP contribution in [0.25, 0.3) is 0 Å². The monoisotopic (exact) mass is 961 g/mol. The molecule has 0 rings (SSSR count). The van der Waals surface area contributed by atoms with Gasteiger partial charge in [0.05, 0.1) is 0 Å². The second-order valence-corrected chi connectivity index (χ2v) is 19.2. The van der Waals surface area contributed by atoms with E-state index in [-0.39, 0.29) is 31.1 Å². The van der Waals surface area contributed by atoms with Gasteiger partial charge in [-0.1, -0.05) is 266 Å². The van der Waals surface area contributed by atoms with E-state index in [0.29, 0.717) is 19.3 Å². The van der Waals surface area contributed by atoms with Crippen LogP contribution in [0.3, 0.4) is 0 Å². The van der Waals surface area contributed by atoms with Crippen LogP contribution in [0, 0.1) is 0 Å². The molecule has 1 unspecified atom stereocenters. The average Bonchev–Trinajstić information content (AvgIpc) is 3.35. The Labute approximate surface area is 426 Å². The molecule has 0 aliphatic heterocycles. The Balaban J connectivity index is 4.22. The van der Waals surface area contributed by atoms with Gasteiger partial charge in [-0.25, -0.2) is 0 Å². The highest BCUT2D eigenvalue weighted by Crippen LogP contribution is 2.16. The molecule has 0 heterocycles. The Morgan fingerprint density at radius 1 is 0.304 bits per heavy atom. The Hall–Kier alpha value is -3.41. The van der Waals surface area contributed by atoms with Crippen molar-refractivity contribution in [2.45, 2.75) is 284 Å². The minimum Gasteiger partial charge on any atom is -0.462 e. The third kappa shape index (κ3) is 55.4. The number of esters is 3. The highest BCUT2D eigenvalue weighted by atomic mass is 16.6. The first-order valence-electron chi connectivity index (χ1n) is 29.1. The molecule has 0 saturated heterocycles. The number of hydrogen-bond donors (Lipinski definition) is 0. The maximum absolute atomic E-state index is 12.8. The van der Waals surface area contributed by atoms with Gasteiger partial charge in [0.15, 0.2) is 6.10 Å². The summed E-state index contributed by atoms with van der Waals surface area (Å²) in [6.45, 7) is 6.49. The zero-order chi connectivity index (χ0) is 50.0. The summed E-state index contributed by atoms with van der Waals surface area (Å²) in [5, 5.41) is 0. The number of carbonyl (C=O) groups excluding carboxylic acids is 3. The number of unbranched alkanes of at least 4 members (excludes halogenated alkanes) is 27. The van der Waals surface area contributed by atoms with Crippen LogP contribution in [0.2, 0.25) is 0 Å². The third-order valence-electron chi connectivity index (χ3n) is 12.4. The smallest absolute Gasteiger partial charge is 0.306 e. The Morgan fingerprint density at radius 3 is 0.884 bits per heavy atom. The lowest BCUT2D eigenvalue weighted by Gasteiger charge is -2.18. The number of allylic oxidation sites excluding steroid dienone is 14. The summed E-state index contributed by atoms with van der Waals surface area (Å²) < 4.78 is 16.8. The predicted molar refractivity (Wildman–Crippen MR) is 297 cm³/mol. The molecule has 0 aromatic heterocycles. The fraction of sp³-hybridized carbons (Fsp3) is 0.730. The van der Waals surface area contributed by atoms with Crippen LogP contribution in [0.15, 0.2) is 85.1 Å². The maximum Gasteiger partial charge on any atom is 0.306 e. The van der Waals surface area contributed by atoms with Crippen LogP contribution in [-0.2, 0) is 28.6 Å². The van der Waals surface area contributed by atoms with Gasteiger partial charge in [0, 0.05) is 19.3 Å². The van der Waals surface area contributed by atoms with E-state index in [1.165, 1.54) is 116 Å². The first kappa shape index (κ1) is 65.6. The largest absolute Gasteiger partial charge is 0.462 e. The second kappa shape index (κ2) is 57.2. The Bertz CT molecular complexity index is 1330. The van der Waals surface area contributed by atoms with Gasteiger partial charge in [-0.15, -0.1) is 0 Å². The van der Waals surface area contributed by atoms with Crippen molar-refractivity contribution in [3.05, 3.63) is 85.1 Å². The standard InChI is InChI=1S/C63H108O6/c1-4-7-10-13-16-18-20-22-24-26-27-28-29-30-31-32-33-34-35-37-38-40-42-44-47-50-53-56-62(65)68-59-60(58-67-61(64)55-52-49-46-15-12-9-6-3)69-63(66)57-54-51-48-45-43-41-39-36-25-23-21-19-17-14-11-8-5-2/h7,10,16,18,22,24,27-28,30-31,33-34,37-38,60H,4-6,8-9,11-15,17,19-21,23,25-26,29,32,35-36,39-59H2,1-3H3/b10-7-,18-16-,24-22-,28-27-,31-30-,34-33-,38-37-. The molecule has 6 nitrogen and oxygen atoms in total. The van der Waals surface area contributed by atoms with Gasteiger partial charge in [-0.2, -0.15) is 0 Å². The van der Waals surface area contributed by atoms with Crippen LogP contribution in [0.4, 0.5) is 0 Å². The zero-order valence-electron chi connectivity index (χ0n) is 45.3. The molecule has 0 aliphatic rings. The molecule has 69 heavy (non-hydrogen) atoms. The van der Waals surface area contributed by atoms with E-state index in [1.54, 1.807) is 0 Å². The summed E-state index contributed by atoms with van der Waals surface area (Å²) in [6.07, 6.45) is 74.5. The van der Waals surface area contributed by atoms with Crippen molar-refractivity contribution in [1.82, 2.24) is 0 Å². The molecular formula is C63H108O6. The van der Waals surface area contributed by atoms with Crippen molar-refractivity contribution in [1.29, 1.82) is 0 Å². The Morgan fingerprint density at radius 2 is 0.565 bits per heavy atom. The van der Waals surface area contributed by atoms with Gasteiger partial charge in [-0.3, -0.25) is 14.4 Å². The van der Waals surface area contributed by atoms with Crippen molar-refractivity contribution < 1.29 is 28.6 Å². The van der Waals surface area contributed by atoms with Gasteiger partial charge >= 0.3 is 17.9 Å². The number of carbonyl (C=O) groups is 3. The minimum absolute atomic E-state index is 0.0801. The van der Waals surface area contributed by atoms with Gasteiger partial charge in [0.1, 0.15) is 13.2 Å². The molecule has 0 bridgehead atoms. The van der Waals surface area contributed by atoms with E-state index in [9.17, 15) is 14.4 Å². The molecule has 0 aliphatic carbocycles. The summed E-state index contributed by atoms with van der Waals surface area (Å²) in [5.74, 6) is -0.899. The normalized spacial score (nSPS) is 12.7. The van der Waals surface area contributed by atoms with Crippen LogP contribution >= 0.6 is 0 Å². The van der Waals surface area contributed by atoms with Gasteiger partial charge in [-0.05, 0) is 77.0 Å². The van der Waals surface area contributed by atoms with E-state index in [4.69, 9.17) is 14.2 Å². The minimum atomic E-state index is -0.780. The highest BCUT2D eigenvalue weighted by molar-refractivity contribution is 5.71. The van der Waals surface area contributed by atoms with Gasteiger partial charge in [0.2, 0.25) is 0 Å². The van der Waals surface area contributed by atoms with E-state index < -0.39 is 6.10 Å². The number of ether oxygens (including phenoxy) is 3. The topological polar surface area (TPSA) is 78.9 Å². The van der Waals surface area contributed by atoms with Crippen LogP contribution in [0.1, 0.15) is 278 Å². The fourth-order valence-electron chi connectivity index (χ4n) is 8.07. The van der Waals surface area contributed by atoms with Gasteiger partial charge in [0.25, 0.3) is 0 Å². The lowest BCUT2D eigenvalue weighted by Crippen LogP contribution is -2.30. The van der Waals surface area contributed by atoms with E-state index in [2.05, 4.69) is 106 Å². The summed E-state index contributed by atoms with van der Waals surface area (Å²) in [7, 11) is 0. The molecule has 396 valence electrons. The number of rotatable bonds is 52. The van der Waals surface area contributed by atoms with E-state index in [0.717, 1.165) is 122 Å². The quantitative estimate of drug-likeness (QED) is 0.0262. The third-order valence-corrected chi connectivity index (χ3v) is 12.4. The first-order chi connectivity index (χ1) is 34.0. The molecular weight excluding hydrogens is 853 g/mol. The van der Waals surface area contributed by atoms with Crippen molar-refractivity contribution in [2.24, 2.45) is 0 Å². The van der Waals surface area contributed by atoms with Crippen LogP contribution in [0.5, 0.6) is 0 Å². The maximum atomic E-state index is 12.8. The van der Waals surface area contributed by atoms with Crippen molar-refractivity contribution in [2.75, 3.05) is 13.2 Å². The van der Waals surface area contributed by atoms with Crippen LogP contribution in [-0.4, -0.2) is 37.2 Å². The SMILES string of the molecule is CC/C=C\C/C=C\C/C=C\C/C=C\C/C=C\C/C=C\C/C=C\CCCCCCCC(=O)OCC(COC(=O)CCCCCCCCC)OC(=O)CCCCCCCCCCCCCCCCCCC. The molecule has 0 N–H and O–H groups in total. The summed E-state index contributed by atoms with van der Waals surface area (Å²) in [5.41, 5.74) is 0. The summed E-state index contributed by atoms with van der Waals surface area (Å²) in [4.78, 5) is 37.9. The molecule has 0 radical (unpaired) electrons. The summed E-state index contributed by atoms with van der Waals surface area (Å²) in [6, 6.07) is 0. The number of hydrogen-bond acceptors (Lipinski definition) is 6. The molecule has 0 spiro atoms. The average molecular weight is 962 g/mol. The molecule has 0 saturated carbocycles. The van der Waals surface area contributed by atoms with E-state index in [1.807, 2.05) is 0 Å². The fourth-order valence-corrected chi connectivity index (χ4v) is 8.07. The predicted octanol–water partition coefficient (Wildman–Crippen LogP) is 19.5. The zero-order valence-corrected chi connectivity index (χ0v) is 45.3. The lowest BCUT2D eigenvalue weighted by atomic mass is 10.0. The molecule has 0 aromatic rings.